The van der Waals surface area contributed by atoms with Gasteiger partial charge in [0.1, 0.15) is 5.76 Å². The normalized spacial score (nSPS) is 11.1. The molecule has 0 aliphatic carbocycles. The highest BCUT2D eigenvalue weighted by Gasteiger charge is 2.11. The second-order valence-electron chi connectivity index (χ2n) is 4.69. The first-order valence-corrected chi connectivity index (χ1v) is 6.21. The molecule has 102 valence electrons. The number of rotatable bonds is 3. The van der Waals surface area contributed by atoms with Crippen LogP contribution in [0.5, 0.6) is 0 Å². The van der Waals surface area contributed by atoms with Gasteiger partial charge in [0.2, 0.25) is 5.89 Å². The molecule has 0 radical (unpaired) electrons. The zero-order valence-electron chi connectivity index (χ0n) is 11.2. The van der Waals surface area contributed by atoms with Crippen molar-refractivity contribution in [3.8, 4) is 0 Å². The van der Waals surface area contributed by atoms with Crippen LogP contribution in [0.15, 0.2) is 34.9 Å². The van der Waals surface area contributed by atoms with Gasteiger partial charge in [0.05, 0.1) is 22.7 Å². The van der Waals surface area contributed by atoms with Gasteiger partial charge in [0.25, 0.3) is 5.69 Å². The number of aryl methyl sites for hydroxylation is 2. The van der Waals surface area contributed by atoms with Gasteiger partial charge >= 0.3 is 0 Å². The van der Waals surface area contributed by atoms with Crippen LogP contribution in [0.1, 0.15) is 17.3 Å². The van der Waals surface area contributed by atoms with Gasteiger partial charge in [-0.1, -0.05) is 0 Å². The highest BCUT2D eigenvalue weighted by atomic mass is 16.6. The summed E-state index contributed by atoms with van der Waals surface area (Å²) in [5.41, 5.74) is 1.74. The van der Waals surface area contributed by atoms with Crippen LogP contribution in [-0.2, 0) is 6.54 Å². The number of nitro benzene ring substituents is 1. The molecule has 0 atom stereocenters. The molecule has 2 aromatic heterocycles. The van der Waals surface area contributed by atoms with Crippen LogP contribution in [0.3, 0.4) is 0 Å². The SMILES string of the molecule is Cc1nc(Cn2ccc3ccc([N+](=O)[O-])cc32)oc1C. The molecule has 3 rings (SSSR count). The van der Waals surface area contributed by atoms with E-state index in [0.29, 0.717) is 12.4 Å². The second-order valence-corrected chi connectivity index (χ2v) is 4.69. The van der Waals surface area contributed by atoms with Gasteiger partial charge in [0, 0.05) is 23.7 Å². The Balaban J connectivity index is 2.02. The summed E-state index contributed by atoms with van der Waals surface area (Å²) in [5.74, 6) is 1.39. The lowest BCUT2D eigenvalue weighted by Gasteiger charge is -2.02. The maximum absolute atomic E-state index is 10.8. The molecule has 0 saturated carbocycles. The highest BCUT2D eigenvalue weighted by Crippen LogP contribution is 2.23. The molecule has 0 fully saturated rings. The van der Waals surface area contributed by atoms with Crippen LogP contribution < -0.4 is 0 Å². The molecule has 0 unspecified atom stereocenters. The van der Waals surface area contributed by atoms with Crippen molar-refractivity contribution in [3.05, 3.63) is 57.9 Å². The third-order valence-corrected chi connectivity index (χ3v) is 3.35. The van der Waals surface area contributed by atoms with Gasteiger partial charge in [-0.3, -0.25) is 10.1 Å². The summed E-state index contributed by atoms with van der Waals surface area (Å²) in [5, 5.41) is 11.8. The molecule has 6 nitrogen and oxygen atoms in total. The molecule has 0 aliphatic heterocycles. The van der Waals surface area contributed by atoms with Gasteiger partial charge < -0.3 is 8.98 Å². The Kier molecular flexibility index (Phi) is 2.78. The minimum absolute atomic E-state index is 0.0808. The van der Waals surface area contributed by atoms with E-state index in [-0.39, 0.29) is 5.69 Å². The summed E-state index contributed by atoms with van der Waals surface area (Å²) >= 11 is 0. The van der Waals surface area contributed by atoms with Gasteiger partial charge in [0.15, 0.2) is 0 Å². The van der Waals surface area contributed by atoms with E-state index in [1.54, 1.807) is 12.1 Å². The molecule has 0 saturated heterocycles. The molecule has 0 aliphatic rings. The summed E-state index contributed by atoms with van der Waals surface area (Å²) in [7, 11) is 0. The van der Waals surface area contributed by atoms with Crippen molar-refractivity contribution >= 4 is 16.6 Å². The van der Waals surface area contributed by atoms with E-state index < -0.39 is 4.92 Å². The number of nitro groups is 1. The lowest BCUT2D eigenvalue weighted by atomic mass is 10.2. The minimum Gasteiger partial charge on any atom is -0.444 e. The number of nitrogens with zero attached hydrogens (tertiary/aromatic N) is 3. The number of hydrogen-bond donors (Lipinski definition) is 0. The van der Waals surface area contributed by atoms with Crippen molar-refractivity contribution in [3.63, 3.8) is 0 Å². The third kappa shape index (κ3) is 2.05. The Hall–Kier alpha value is -2.63. The Bertz CT molecular complexity index is 782. The average Bonchev–Trinajstić information content (AvgIpc) is 2.94. The maximum Gasteiger partial charge on any atom is 0.271 e. The van der Waals surface area contributed by atoms with Gasteiger partial charge in [-0.05, 0) is 26.0 Å². The highest BCUT2D eigenvalue weighted by molar-refractivity contribution is 5.82. The molecule has 2 heterocycles. The first-order valence-electron chi connectivity index (χ1n) is 6.21. The monoisotopic (exact) mass is 271 g/mol. The smallest absolute Gasteiger partial charge is 0.271 e. The van der Waals surface area contributed by atoms with E-state index in [9.17, 15) is 10.1 Å². The van der Waals surface area contributed by atoms with Crippen LogP contribution in [-0.4, -0.2) is 14.5 Å². The predicted octanol–water partition coefficient (Wildman–Crippen LogP) is 3.20. The van der Waals surface area contributed by atoms with Crippen LogP contribution in [0.2, 0.25) is 0 Å². The topological polar surface area (TPSA) is 74.1 Å². The molecule has 0 spiro atoms. The number of hydrogen-bond acceptors (Lipinski definition) is 4. The van der Waals surface area contributed by atoms with Gasteiger partial charge in [-0.25, -0.2) is 4.98 Å². The zero-order chi connectivity index (χ0) is 14.3. The quantitative estimate of drug-likeness (QED) is 0.541. The standard InChI is InChI=1S/C14H13N3O3/c1-9-10(2)20-14(15-9)8-16-6-5-11-3-4-12(17(18)19)7-13(11)16/h3-7H,8H2,1-2H3. The molecule has 3 aromatic rings. The predicted molar refractivity (Wildman–Crippen MR) is 73.7 cm³/mol. The third-order valence-electron chi connectivity index (χ3n) is 3.35. The molecule has 0 bridgehead atoms. The second kappa shape index (κ2) is 4.48. The molecule has 0 N–H and O–H groups in total. The van der Waals surface area contributed by atoms with Crippen molar-refractivity contribution in [2.45, 2.75) is 20.4 Å². The summed E-state index contributed by atoms with van der Waals surface area (Å²) in [6, 6.07) is 6.74. The molecule has 0 amide bonds. The zero-order valence-corrected chi connectivity index (χ0v) is 11.2. The van der Waals surface area contributed by atoms with E-state index in [1.807, 2.05) is 30.7 Å². The van der Waals surface area contributed by atoms with Crippen molar-refractivity contribution in [2.24, 2.45) is 0 Å². The fourth-order valence-corrected chi connectivity index (χ4v) is 2.18. The van der Waals surface area contributed by atoms with E-state index in [2.05, 4.69) is 4.98 Å². The Morgan fingerprint density at radius 1 is 1.35 bits per heavy atom. The Morgan fingerprint density at radius 2 is 2.15 bits per heavy atom. The van der Waals surface area contributed by atoms with Crippen LogP contribution in [0.25, 0.3) is 10.9 Å². The average molecular weight is 271 g/mol. The van der Waals surface area contributed by atoms with Crippen molar-refractivity contribution in [1.82, 2.24) is 9.55 Å². The lowest BCUT2D eigenvalue weighted by Crippen LogP contribution is -1.98. The summed E-state index contributed by atoms with van der Waals surface area (Å²) in [6.07, 6.45) is 1.88. The number of aromatic nitrogens is 2. The molecule has 20 heavy (non-hydrogen) atoms. The van der Waals surface area contributed by atoms with Gasteiger partial charge in [-0.2, -0.15) is 0 Å². The summed E-state index contributed by atoms with van der Waals surface area (Å²) in [6.45, 7) is 4.21. The number of non-ortho nitro benzene ring substituents is 1. The number of fused-ring (bicyclic) bond motifs is 1. The summed E-state index contributed by atoms with van der Waals surface area (Å²) < 4.78 is 7.44. The van der Waals surface area contributed by atoms with Crippen LogP contribution in [0.4, 0.5) is 5.69 Å². The van der Waals surface area contributed by atoms with E-state index in [1.165, 1.54) is 6.07 Å². The minimum atomic E-state index is -0.393. The molecular weight excluding hydrogens is 258 g/mol. The van der Waals surface area contributed by atoms with Crippen molar-refractivity contribution in [1.29, 1.82) is 0 Å². The first kappa shape index (κ1) is 12.4. The molecule has 1 aromatic carbocycles. The molecule has 6 heteroatoms. The number of oxazole rings is 1. The fourth-order valence-electron chi connectivity index (χ4n) is 2.18. The van der Waals surface area contributed by atoms with E-state index in [0.717, 1.165) is 22.4 Å². The van der Waals surface area contributed by atoms with E-state index in [4.69, 9.17) is 4.42 Å². The van der Waals surface area contributed by atoms with Crippen LogP contribution in [0, 0.1) is 24.0 Å². The Morgan fingerprint density at radius 3 is 2.80 bits per heavy atom. The fraction of sp³-hybridized carbons (Fsp3) is 0.214. The first-order chi connectivity index (χ1) is 9.54. The number of benzene rings is 1. The largest absolute Gasteiger partial charge is 0.444 e. The molecular formula is C14H13N3O3. The van der Waals surface area contributed by atoms with E-state index >= 15 is 0 Å². The van der Waals surface area contributed by atoms with Crippen molar-refractivity contribution in [2.75, 3.05) is 0 Å². The lowest BCUT2D eigenvalue weighted by molar-refractivity contribution is -0.384. The van der Waals surface area contributed by atoms with Gasteiger partial charge in [-0.15, -0.1) is 0 Å². The maximum atomic E-state index is 10.8. The summed E-state index contributed by atoms with van der Waals surface area (Å²) in [4.78, 5) is 14.8. The van der Waals surface area contributed by atoms with Crippen molar-refractivity contribution < 1.29 is 9.34 Å². The van der Waals surface area contributed by atoms with Crippen LogP contribution >= 0.6 is 0 Å². The Labute approximate surface area is 114 Å².